The first kappa shape index (κ1) is 15.2. The largest absolute Gasteiger partial charge is 0.386 e. The maximum atomic E-state index is 12.1. The Labute approximate surface area is 133 Å². The highest BCUT2D eigenvalue weighted by Gasteiger charge is 2.35. The minimum atomic E-state index is -0.953. The molecule has 1 atom stereocenters. The van der Waals surface area contributed by atoms with E-state index in [4.69, 9.17) is 4.74 Å². The molecule has 0 radical (unpaired) electrons. The van der Waals surface area contributed by atoms with Gasteiger partial charge >= 0.3 is 0 Å². The number of aliphatic hydroxyl groups is 1. The Balaban J connectivity index is 1.79. The summed E-state index contributed by atoms with van der Waals surface area (Å²) in [6.07, 6.45) is 1.85. The average molecular weight is 317 g/mol. The number of carbonyl (C=O) groups excluding carboxylic acids is 1. The highest BCUT2D eigenvalue weighted by atomic mass is 32.1. The van der Waals surface area contributed by atoms with Gasteiger partial charge in [0.15, 0.2) is 0 Å². The second kappa shape index (κ2) is 6.20. The lowest BCUT2D eigenvalue weighted by molar-refractivity contribution is -0.130. The molecule has 1 aromatic heterocycles. The molecule has 1 N–H and O–H groups in total. The van der Waals surface area contributed by atoms with Crippen LogP contribution in [0.4, 0.5) is 0 Å². The Morgan fingerprint density at radius 2 is 2.36 bits per heavy atom. The van der Waals surface area contributed by atoms with Crippen LogP contribution in [-0.2, 0) is 16.1 Å². The Morgan fingerprint density at radius 1 is 1.50 bits per heavy atom. The van der Waals surface area contributed by atoms with Gasteiger partial charge in [0.05, 0.1) is 13.2 Å². The molecule has 1 aliphatic rings. The van der Waals surface area contributed by atoms with Gasteiger partial charge in [-0.15, -0.1) is 11.3 Å². The molecule has 22 heavy (non-hydrogen) atoms. The van der Waals surface area contributed by atoms with Gasteiger partial charge in [-0.3, -0.25) is 4.79 Å². The summed E-state index contributed by atoms with van der Waals surface area (Å²) in [4.78, 5) is 13.8. The fourth-order valence-electron chi connectivity index (χ4n) is 2.75. The number of amides is 1. The van der Waals surface area contributed by atoms with Crippen LogP contribution in [0.3, 0.4) is 0 Å². The van der Waals surface area contributed by atoms with Crippen LogP contribution in [-0.4, -0.2) is 41.3 Å². The smallest absolute Gasteiger partial charge is 0.246 e. The normalized spacial score (nSPS) is 21.1. The number of carbonyl (C=O) groups is 1. The lowest BCUT2D eigenvalue weighted by atomic mass is 10.0. The predicted molar refractivity (Wildman–Crippen MR) is 87.8 cm³/mol. The van der Waals surface area contributed by atoms with Crippen molar-refractivity contribution >= 4 is 27.3 Å². The van der Waals surface area contributed by atoms with Crippen LogP contribution in [0.1, 0.15) is 12.0 Å². The zero-order chi connectivity index (χ0) is 15.6. The van der Waals surface area contributed by atoms with Gasteiger partial charge < -0.3 is 14.7 Å². The lowest BCUT2D eigenvalue weighted by Crippen LogP contribution is -2.45. The van der Waals surface area contributed by atoms with Crippen LogP contribution < -0.4 is 0 Å². The molecule has 116 valence electrons. The van der Waals surface area contributed by atoms with Gasteiger partial charge in [-0.25, -0.2) is 0 Å². The van der Waals surface area contributed by atoms with E-state index in [9.17, 15) is 9.90 Å². The topological polar surface area (TPSA) is 49.8 Å². The first-order valence-electron chi connectivity index (χ1n) is 7.27. The standard InChI is InChI=1S/C17H19NO3S/c1-2-16(19)18(11-17(20)6-7-21-12-17)10-13-3-4-15-14(9-13)5-8-22-15/h2-5,8-9,20H,1,6-7,10-12H2. The molecule has 0 spiro atoms. The van der Waals surface area contributed by atoms with Crippen LogP contribution in [0, 0.1) is 0 Å². The molecule has 4 nitrogen and oxygen atoms in total. The maximum Gasteiger partial charge on any atom is 0.246 e. The van der Waals surface area contributed by atoms with Crippen LogP contribution >= 0.6 is 11.3 Å². The molecule has 1 unspecified atom stereocenters. The summed E-state index contributed by atoms with van der Waals surface area (Å²) in [6, 6.07) is 8.25. The highest BCUT2D eigenvalue weighted by molar-refractivity contribution is 7.17. The Morgan fingerprint density at radius 3 is 3.09 bits per heavy atom. The summed E-state index contributed by atoms with van der Waals surface area (Å²) in [7, 11) is 0. The monoisotopic (exact) mass is 317 g/mol. The van der Waals surface area contributed by atoms with Gasteiger partial charge in [0.25, 0.3) is 0 Å². The summed E-state index contributed by atoms with van der Waals surface area (Å²) >= 11 is 1.70. The molecule has 0 bridgehead atoms. The third-order valence-electron chi connectivity index (χ3n) is 3.94. The van der Waals surface area contributed by atoms with Gasteiger partial charge in [0.1, 0.15) is 5.60 Å². The predicted octanol–water partition coefficient (Wildman–Crippen LogP) is 2.57. The second-order valence-corrected chi connectivity index (χ2v) is 6.67. The number of hydrogen-bond donors (Lipinski definition) is 1. The molecule has 5 heteroatoms. The first-order valence-corrected chi connectivity index (χ1v) is 8.15. The molecule has 1 aromatic carbocycles. The fraction of sp³-hybridized carbons (Fsp3) is 0.353. The van der Waals surface area contributed by atoms with Gasteiger partial charge in [0.2, 0.25) is 5.91 Å². The summed E-state index contributed by atoms with van der Waals surface area (Å²) < 4.78 is 6.49. The van der Waals surface area contributed by atoms with Crippen molar-refractivity contribution in [2.24, 2.45) is 0 Å². The molecule has 3 rings (SSSR count). The van der Waals surface area contributed by atoms with Crippen molar-refractivity contribution in [2.45, 2.75) is 18.6 Å². The van der Waals surface area contributed by atoms with E-state index in [2.05, 4.69) is 30.2 Å². The van der Waals surface area contributed by atoms with E-state index < -0.39 is 5.60 Å². The van der Waals surface area contributed by atoms with Crippen LogP contribution in [0.2, 0.25) is 0 Å². The van der Waals surface area contributed by atoms with Gasteiger partial charge in [-0.1, -0.05) is 12.6 Å². The van der Waals surface area contributed by atoms with Crippen molar-refractivity contribution in [1.29, 1.82) is 0 Å². The van der Waals surface area contributed by atoms with Gasteiger partial charge in [-0.2, -0.15) is 0 Å². The van der Waals surface area contributed by atoms with Crippen molar-refractivity contribution in [2.75, 3.05) is 19.8 Å². The fourth-order valence-corrected chi connectivity index (χ4v) is 3.52. The zero-order valence-corrected chi connectivity index (χ0v) is 13.1. The van der Waals surface area contributed by atoms with Crippen molar-refractivity contribution in [3.63, 3.8) is 0 Å². The number of benzene rings is 1. The van der Waals surface area contributed by atoms with Crippen molar-refractivity contribution in [3.8, 4) is 0 Å². The van der Waals surface area contributed by atoms with E-state index in [1.165, 1.54) is 16.2 Å². The molecular weight excluding hydrogens is 298 g/mol. The average Bonchev–Trinajstić information content (AvgIpc) is 3.14. The first-order chi connectivity index (χ1) is 10.6. The molecule has 2 aromatic rings. The van der Waals surface area contributed by atoms with E-state index in [-0.39, 0.29) is 19.1 Å². The minimum Gasteiger partial charge on any atom is -0.386 e. The van der Waals surface area contributed by atoms with Gasteiger partial charge in [-0.05, 0) is 40.6 Å². The number of fused-ring (bicyclic) bond motifs is 1. The molecular formula is C17H19NO3S. The molecule has 0 saturated carbocycles. The summed E-state index contributed by atoms with van der Waals surface area (Å²) in [5.41, 5.74) is 0.0918. The molecule has 1 fully saturated rings. The number of thiophene rings is 1. The molecule has 1 aliphatic heterocycles. The minimum absolute atomic E-state index is 0.175. The van der Waals surface area contributed by atoms with E-state index in [0.717, 1.165) is 5.56 Å². The maximum absolute atomic E-state index is 12.1. The zero-order valence-electron chi connectivity index (χ0n) is 12.3. The second-order valence-electron chi connectivity index (χ2n) is 5.72. The molecule has 1 amide bonds. The number of hydrogen-bond acceptors (Lipinski definition) is 4. The summed E-state index contributed by atoms with van der Waals surface area (Å²) in [5, 5.41) is 13.7. The van der Waals surface area contributed by atoms with Crippen LogP contribution in [0.25, 0.3) is 10.1 Å². The Bertz CT molecular complexity index is 688. The highest BCUT2D eigenvalue weighted by Crippen LogP contribution is 2.24. The molecule has 0 aliphatic carbocycles. The molecule has 2 heterocycles. The summed E-state index contributed by atoms with van der Waals surface area (Å²) in [6.45, 7) is 5.09. The Hall–Kier alpha value is -1.69. The summed E-state index contributed by atoms with van der Waals surface area (Å²) in [5.74, 6) is -0.175. The quantitative estimate of drug-likeness (QED) is 0.862. The third kappa shape index (κ3) is 3.21. The van der Waals surface area contributed by atoms with Crippen LogP contribution in [0.5, 0.6) is 0 Å². The lowest BCUT2D eigenvalue weighted by Gasteiger charge is -2.29. The van der Waals surface area contributed by atoms with Crippen molar-refractivity contribution in [1.82, 2.24) is 4.90 Å². The van der Waals surface area contributed by atoms with Crippen molar-refractivity contribution < 1.29 is 14.6 Å². The van der Waals surface area contributed by atoms with E-state index >= 15 is 0 Å². The van der Waals surface area contributed by atoms with E-state index in [1.54, 1.807) is 16.2 Å². The number of nitrogens with zero attached hydrogens (tertiary/aromatic N) is 1. The SMILES string of the molecule is C=CC(=O)N(Cc1ccc2sccc2c1)CC1(O)CCOC1. The van der Waals surface area contributed by atoms with E-state index in [0.29, 0.717) is 19.6 Å². The van der Waals surface area contributed by atoms with Crippen molar-refractivity contribution in [3.05, 3.63) is 47.9 Å². The number of ether oxygens (including phenoxy) is 1. The Kier molecular flexibility index (Phi) is 4.29. The number of rotatable bonds is 5. The van der Waals surface area contributed by atoms with Crippen LogP contribution in [0.15, 0.2) is 42.3 Å². The van der Waals surface area contributed by atoms with Gasteiger partial charge in [0, 0.05) is 24.3 Å². The third-order valence-corrected chi connectivity index (χ3v) is 4.84. The van der Waals surface area contributed by atoms with E-state index in [1.807, 2.05) is 6.07 Å². The molecule has 1 saturated heterocycles.